The molecule has 3 saturated heterocycles. The Bertz CT molecular complexity index is 649. The van der Waals surface area contributed by atoms with Crippen LogP contribution in [0, 0.1) is 23.2 Å². The molecule has 1 aliphatic carbocycles. The van der Waals surface area contributed by atoms with Gasteiger partial charge in [0.2, 0.25) is 0 Å². The number of carbonyl (C=O) groups excluding carboxylic acids is 1. The Morgan fingerprint density at radius 2 is 2.11 bits per heavy atom. The third-order valence-electron chi connectivity index (χ3n) is 8.89. The van der Waals surface area contributed by atoms with Crippen molar-refractivity contribution in [3.8, 4) is 0 Å². The van der Waals surface area contributed by atoms with Crippen LogP contribution >= 0.6 is 0 Å². The van der Waals surface area contributed by atoms with Crippen LogP contribution in [0.3, 0.4) is 0 Å². The molecule has 0 bridgehead atoms. The molecule has 5 nitrogen and oxygen atoms in total. The van der Waals surface area contributed by atoms with Crippen LogP contribution in [0.1, 0.15) is 52.4 Å². The predicted molar refractivity (Wildman–Crippen MR) is 102 cm³/mol. The number of hydrogen-bond acceptors (Lipinski definition) is 3. The Morgan fingerprint density at radius 1 is 1.30 bits per heavy atom. The summed E-state index contributed by atoms with van der Waals surface area (Å²) < 4.78 is 11.0. The second-order valence-electron chi connectivity index (χ2n) is 9.94. The zero-order valence-electron chi connectivity index (χ0n) is 16.9. The largest absolute Gasteiger partial charge is 0.651 e. The summed E-state index contributed by atoms with van der Waals surface area (Å²) in [5.41, 5.74) is 0.733. The van der Waals surface area contributed by atoms with Crippen LogP contribution in [0.4, 0.5) is 0 Å². The van der Waals surface area contributed by atoms with Crippen molar-refractivity contribution in [1.29, 1.82) is 0 Å². The number of rotatable bonds is 1. The molecule has 0 aromatic carbocycles. The molecule has 0 spiro atoms. The molecule has 6 unspecified atom stereocenters. The van der Waals surface area contributed by atoms with Gasteiger partial charge >= 0.3 is 5.97 Å². The number of piperidine rings is 2. The van der Waals surface area contributed by atoms with Crippen LogP contribution in [0.25, 0.3) is 5.32 Å². The fraction of sp³-hybridized carbons (Fsp3) is 0.864. The van der Waals surface area contributed by atoms with E-state index >= 15 is 0 Å². The second-order valence-corrected chi connectivity index (χ2v) is 9.94. The molecule has 5 heteroatoms. The van der Waals surface area contributed by atoms with E-state index in [1.54, 1.807) is 11.2 Å². The molecule has 9 atom stereocenters. The molecule has 1 N–H and O–H groups in total. The lowest BCUT2D eigenvalue weighted by Crippen LogP contribution is -3.21. The highest BCUT2D eigenvalue weighted by atomic mass is 16.5. The summed E-state index contributed by atoms with van der Waals surface area (Å²) in [7, 11) is 1.48. The highest BCUT2D eigenvalue weighted by Gasteiger charge is 2.58. The van der Waals surface area contributed by atoms with Crippen molar-refractivity contribution in [2.24, 2.45) is 23.2 Å². The molecule has 5 aliphatic rings. The Hall–Kier alpha value is -1.07. The topological polar surface area (TPSA) is 54.1 Å². The standard InChI is InChI=1S/C22H33N2O3/c1-13-22(2)12-24-9-8-15-14-6-4-5-7-18(14)23-20(15)19(24)10-17(22)16(11-27-13)21(25)26-3/h11,13-15,17-20H,4-10,12H2,1-3H3/q-1/p+1/t13-,14?,15?,17+,18?,19?,20?,22+/m0/s1. The monoisotopic (exact) mass is 374 g/mol. The lowest BCUT2D eigenvalue weighted by Gasteiger charge is -2.57. The highest BCUT2D eigenvalue weighted by Crippen LogP contribution is 2.52. The number of esters is 1. The van der Waals surface area contributed by atoms with E-state index in [2.05, 4.69) is 13.8 Å². The number of fused-ring (bicyclic) bond motifs is 6. The fourth-order valence-corrected chi connectivity index (χ4v) is 7.27. The molecule has 0 radical (unpaired) electrons. The maximum absolute atomic E-state index is 12.5. The summed E-state index contributed by atoms with van der Waals surface area (Å²) in [5.74, 6) is 1.63. The molecule has 27 heavy (non-hydrogen) atoms. The third-order valence-corrected chi connectivity index (χ3v) is 8.89. The van der Waals surface area contributed by atoms with Gasteiger partial charge in [-0.3, -0.25) is 0 Å². The molecule has 1 saturated carbocycles. The van der Waals surface area contributed by atoms with Gasteiger partial charge in [0.05, 0.1) is 43.5 Å². The van der Waals surface area contributed by atoms with Crippen molar-refractivity contribution in [2.75, 3.05) is 20.2 Å². The minimum Gasteiger partial charge on any atom is -0.651 e. The van der Waals surface area contributed by atoms with Crippen molar-refractivity contribution in [3.63, 3.8) is 0 Å². The van der Waals surface area contributed by atoms with Gasteiger partial charge in [-0.05, 0) is 19.3 Å². The number of nitrogens with zero attached hydrogens (tertiary/aromatic N) is 1. The van der Waals surface area contributed by atoms with E-state index in [4.69, 9.17) is 14.8 Å². The minimum absolute atomic E-state index is 0.0116. The van der Waals surface area contributed by atoms with E-state index in [0.717, 1.165) is 30.4 Å². The van der Waals surface area contributed by atoms with Gasteiger partial charge in [-0.25, -0.2) is 4.79 Å². The Kier molecular flexibility index (Phi) is 4.32. The van der Waals surface area contributed by atoms with Crippen LogP contribution in [0.5, 0.6) is 0 Å². The minimum atomic E-state index is -0.217. The van der Waals surface area contributed by atoms with Crippen LogP contribution in [0.2, 0.25) is 0 Å². The number of hydrogen-bond donors (Lipinski definition) is 1. The summed E-state index contributed by atoms with van der Waals surface area (Å²) in [4.78, 5) is 14.2. The Morgan fingerprint density at radius 3 is 2.93 bits per heavy atom. The molecule has 4 fully saturated rings. The molecule has 150 valence electrons. The number of methoxy groups -OCH3 is 1. The lowest BCUT2D eigenvalue weighted by molar-refractivity contribution is -0.946. The molecule has 5 rings (SSSR count). The molecule has 0 aromatic rings. The van der Waals surface area contributed by atoms with Crippen LogP contribution in [-0.2, 0) is 14.3 Å². The van der Waals surface area contributed by atoms with Gasteiger partial charge in [-0.15, -0.1) is 6.04 Å². The summed E-state index contributed by atoms with van der Waals surface area (Å²) in [5, 5.41) is 5.40. The second kappa shape index (κ2) is 6.48. The highest BCUT2D eigenvalue weighted by molar-refractivity contribution is 5.89. The van der Waals surface area contributed by atoms with E-state index in [-0.39, 0.29) is 23.4 Å². The molecule has 4 heterocycles. The first-order valence-electron chi connectivity index (χ1n) is 11.0. The molecular formula is C22H34N2O3. The number of ether oxygens (including phenoxy) is 2. The zero-order valence-corrected chi connectivity index (χ0v) is 16.9. The first kappa shape index (κ1) is 18.0. The Labute approximate surface area is 162 Å². The van der Waals surface area contributed by atoms with Crippen molar-refractivity contribution >= 4 is 5.97 Å². The number of quaternary nitrogens is 1. The first-order valence-corrected chi connectivity index (χ1v) is 11.0. The van der Waals surface area contributed by atoms with E-state index in [0.29, 0.717) is 18.1 Å². The van der Waals surface area contributed by atoms with Gasteiger partial charge in [0, 0.05) is 12.3 Å². The SMILES string of the molecule is COC(=O)C1=CO[C@@H](C)[C@@]2(C)C[NH+]3CCC4C5CCCCC5[N-]C4C3C[C@H]12. The van der Waals surface area contributed by atoms with Crippen molar-refractivity contribution in [1.82, 2.24) is 0 Å². The molecule has 0 amide bonds. The lowest BCUT2D eigenvalue weighted by atomic mass is 9.61. The fourth-order valence-electron chi connectivity index (χ4n) is 7.27. The van der Waals surface area contributed by atoms with Gasteiger partial charge < -0.3 is 19.7 Å². The quantitative estimate of drug-likeness (QED) is 0.715. The van der Waals surface area contributed by atoms with E-state index in [1.165, 1.54) is 45.8 Å². The van der Waals surface area contributed by atoms with E-state index in [1.807, 2.05) is 0 Å². The third kappa shape index (κ3) is 2.61. The van der Waals surface area contributed by atoms with Crippen LogP contribution in [0.15, 0.2) is 11.8 Å². The summed E-state index contributed by atoms with van der Waals surface area (Å²) >= 11 is 0. The van der Waals surface area contributed by atoms with Gasteiger partial charge in [0.15, 0.2) is 0 Å². The smallest absolute Gasteiger partial charge is 0.337 e. The number of carbonyl (C=O) groups is 1. The van der Waals surface area contributed by atoms with E-state index in [9.17, 15) is 4.79 Å². The molecule has 0 aromatic heterocycles. The van der Waals surface area contributed by atoms with Gasteiger partial charge in [-0.2, -0.15) is 0 Å². The maximum atomic E-state index is 12.5. The van der Waals surface area contributed by atoms with Crippen LogP contribution in [-0.4, -0.2) is 50.4 Å². The van der Waals surface area contributed by atoms with Gasteiger partial charge in [0.25, 0.3) is 0 Å². The molecular weight excluding hydrogens is 340 g/mol. The average Bonchev–Trinajstić information content (AvgIpc) is 3.06. The van der Waals surface area contributed by atoms with E-state index < -0.39 is 0 Å². The van der Waals surface area contributed by atoms with Gasteiger partial charge in [0.1, 0.15) is 6.10 Å². The zero-order chi connectivity index (χ0) is 18.8. The Balaban J connectivity index is 1.44. The van der Waals surface area contributed by atoms with Crippen molar-refractivity contribution in [2.45, 2.75) is 76.6 Å². The summed E-state index contributed by atoms with van der Waals surface area (Å²) in [6.07, 6.45) is 9.64. The number of nitrogens with one attached hydrogen (secondary N) is 1. The normalized spacial score (nSPS) is 51.0. The summed E-state index contributed by atoms with van der Waals surface area (Å²) in [6.45, 7) is 6.82. The van der Waals surface area contributed by atoms with Gasteiger partial charge in [-0.1, -0.05) is 44.6 Å². The summed E-state index contributed by atoms with van der Waals surface area (Å²) in [6, 6.07) is 1.68. The maximum Gasteiger partial charge on any atom is 0.337 e. The van der Waals surface area contributed by atoms with Crippen molar-refractivity contribution in [3.05, 3.63) is 17.2 Å². The first-order chi connectivity index (χ1) is 13.0. The predicted octanol–water partition coefficient (Wildman–Crippen LogP) is 2.08. The average molecular weight is 375 g/mol. The van der Waals surface area contributed by atoms with Crippen LogP contribution < -0.4 is 4.90 Å². The molecule has 4 aliphatic heterocycles. The van der Waals surface area contributed by atoms with Crippen molar-refractivity contribution < 1.29 is 19.2 Å².